The Hall–Kier alpha value is -1.31. The predicted molar refractivity (Wildman–Crippen MR) is 48.6 cm³/mol. The highest BCUT2D eigenvalue weighted by Crippen LogP contribution is 2.39. The van der Waals surface area contributed by atoms with Gasteiger partial charge < -0.3 is 4.74 Å². The Labute approximate surface area is 77.5 Å². The average molecular weight is 175 g/mol. The number of methoxy groups -OCH3 is 1. The molecule has 1 aromatic rings. The normalized spacial score (nSPS) is 15.5. The van der Waals surface area contributed by atoms with Crippen molar-refractivity contribution in [3.8, 4) is 0 Å². The Kier molecular flexibility index (Phi) is 2.05. The fraction of sp³-hybridized carbons (Fsp3) is 0.364. The van der Waals surface area contributed by atoms with Crippen molar-refractivity contribution >= 4 is 5.97 Å². The SMILES string of the molecule is COC(=O)c1[c]cc(C2CC2)cc1. The lowest BCUT2D eigenvalue weighted by Crippen LogP contribution is -2.00. The van der Waals surface area contributed by atoms with Gasteiger partial charge in [-0.3, -0.25) is 0 Å². The van der Waals surface area contributed by atoms with Crippen LogP contribution in [0.15, 0.2) is 18.2 Å². The number of esters is 1. The van der Waals surface area contributed by atoms with Crippen molar-refractivity contribution < 1.29 is 9.53 Å². The van der Waals surface area contributed by atoms with E-state index in [0.29, 0.717) is 11.5 Å². The zero-order chi connectivity index (χ0) is 9.26. The Morgan fingerprint density at radius 2 is 2.31 bits per heavy atom. The van der Waals surface area contributed by atoms with Crippen LogP contribution in [0.5, 0.6) is 0 Å². The van der Waals surface area contributed by atoms with Crippen molar-refractivity contribution in [2.45, 2.75) is 18.8 Å². The highest BCUT2D eigenvalue weighted by Gasteiger charge is 2.23. The fourth-order valence-corrected chi connectivity index (χ4v) is 1.34. The van der Waals surface area contributed by atoms with E-state index in [-0.39, 0.29) is 5.97 Å². The van der Waals surface area contributed by atoms with Crippen LogP contribution in [0.3, 0.4) is 0 Å². The summed E-state index contributed by atoms with van der Waals surface area (Å²) >= 11 is 0. The Morgan fingerprint density at radius 1 is 1.54 bits per heavy atom. The summed E-state index contributed by atoms with van der Waals surface area (Å²) in [5, 5.41) is 0. The Bertz CT molecular complexity index is 309. The molecule has 1 aliphatic rings. The summed E-state index contributed by atoms with van der Waals surface area (Å²) in [5.74, 6) is 0.394. The van der Waals surface area contributed by atoms with E-state index in [2.05, 4.69) is 10.8 Å². The monoisotopic (exact) mass is 175 g/mol. The number of carbonyl (C=O) groups excluding carboxylic acids is 1. The van der Waals surface area contributed by atoms with Crippen LogP contribution in [0.2, 0.25) is 0 Å². The van der Waals surface area contributed by atoms with E-state index in [1.807, 2.05) is 12.1 Å². The number of ether oxygens (including phenoxy) is 1. The third kappa shape index (κ3) is 1.72. The van der Waals surface area contributed by atoms with Gasteiger partial charge in [0.2, 0.25) is 0 Å². The zero-order valence-corrected chi connectivity index (χ0v) is 7.54. The quantitative estimate of drug-likeness (QED) is 0.644. The van der Waals surface area contributed by atoms with Gasteiger partial charge in [-0.15, -0.1) is 0 Å². The smallest absolute Gasteiger partial charge is 0.338 e. The number of carbonyl (C=O) groups is 1. The molecule has 13 heavy (non-hydrogen) atoms. The molecule has 1 saturated carbocycles. The molecule has 0 bridgehead atoms. The summed E-state index contributed by atoms with van der Waals surface area (Å²) in [6.07, 6.45) is 2.54. The van der Waals surface area contributed by atoms with Crippen molar-refractivity contribution in [2.24, 2.45) is 0 Å². The topological polar surface area (TPSA) is 26.3 Å². The van der Waals surface area contributed by atoms with Crippen molar-refractivity contribution in [1.82, 2.24) is 0 Å². The van der Waals surface area contributed by atoms with Crippen LogP contribution in [0, 0.1) is 6.07 Å². The van der Waals surface area contributed by atoms with E-state index >= 15 is 0 Å². The molecule has 0 spiro atoms. The van der Waals surface area contributed by atoms with Gasteiger partial charge in [0.05, 0.1) is 12.7 Å². The van der Waals surface area contributed by atoms with Gasteiger partial charge >= 0.3 is 5.97 Å². The minimum atomic E-state index is -0.317. The van der Waals surface area contributed by atoms with E-state index < -0.39 is 0 Å². The second kappa shape index (κ2) is 3.21. The number of benzene rings is 1. The summed E-state index contributed by atoms with van der Waals surface area (Å²) < 4.78 is 4.58. The Balaban J connectivity index is 2.17. The molecule has 1 fully saturated rings. The highest BCUT2D eigenvalue weighted by atomic mass is 16.5. The number of hydrogen-bond acceptors (Lipinski definition) is 2. The molecule has 2 heteroatoms. The largest absolute Gasteiger partial charge is 0.465 e. The minimum Gasteiger partial charge on any atom is -0.465 e. The van der Waals surface area contributed by atoms with Crippen LogP contribution < -0.4 is 0 Å². The van der Waals surface area contributed by atoms with Gasteiger partial charge in [-0.1, -0.05) is 6.07 Å². The van der Waals surface area contributed by atoms with Crippen LogP contribution in [0.4, 0.5) is 0 Å². The molecule has 67 valence electrons. The molecule has 1 radical (unpaired) electrons. The van der Waals surface area contributed by atoms with Gasteiger partial charge in [0.1, 0.15) is 0 Å². The van der Waals surface area contributed by atoms with Crippen LogP contribution in [-0.2, 0) is 4.74 Å². The predicted octanol–water partition coefficient (Wildman–Crippen LogP) is 2.15. The lowest BCUT2D eigenvalue weighted by Gasteiger charge is -2.00. The zero-order valence-electron chi connectivity index (χ0n) is 7.54. The Morgan fingerprint density at radius 3 is 2.77 bits per heavy atom. The van der Waals surface area contributed by atoms with Crippen molar-refractivity contribution in [3.05, 3.63) is 35.4 Å². The summed E-state index contributed by atoms with van der Waals surface area (Å²) in [6, 6.07) is 8.59. The molecule has 1 aromatic carbocycles. The molecule has 0 heterocycles. The first-order valence-electron chi connectivity index (χ1n) is 4.41. The molecule has 0 aromatic heterocycles. The maximum Gasteiger partial charge on any atom is 0.338 e. The van der Waals surface area contributed by atoms with Crippen LogP contribution in [0.1, 0.15) is 34.7 Å². The second-order valence-corrected chi connectivity index (χ2v) is 3.30. The first-order chi connectivity index (χ1) is 6.31. The van der Waals surface area contributed by atoms with Gasteiger partial charge in [0.15, 0.2) is 0 Å². The highest BCUT2D eigenvalue weighted by molar-refractivity contribution is 5.88. The molecule has 0 amide bonds. The number of hydrogen-bond donors (Lipinski definition) is 0. The lowest BCUT2D eigenvalue weighted by molar-refractivity contribution is 0.0600. The van der Waals surface area contributed by atoms with E-state index in [0.717, 1.165) is 0 Å². The van der Waals surface area contributed by atoms with E-state index in [1.54, 1.807) is 6.07 Å². The van der Waals surface area contributed by atoms with Gasteiger partial charge in [-0.05, 0) is 42.5 Å². The fourth-order valence-electron chi connectivity index (χ4n) is 1.34. The molecule has 0 unspecified atom stereocenters. The van der Waals surface area contributed by atoms with E-state index in [9.17, 15) is 4.79 Å². The van der Waals surface area contributed by atoms with Gasteiger partial charge in [-0.2, -0.15) is 0 Å². The molecule has 1 aliphatic carbocycles. The molecule has 0 atom stereocenters. The number of rotatable bonds is 2. The van der Waals surface area contributed by atoms with Crippen LogP contribution in [-0.4, -0.2) is 13.1 Å². The maximum absolute atomic E-state index is 11.1. The summed E-state index contributed by atoms with van der Waals surface area (Å²) in [5.41, 5.74) is 1.79. The summed E-state index contributed by atoms with van der Waals surface area (Å²) in [4.78, 5) is 11.1. The summed E-state index contributed by atoms with van der Waals surface area (Å²) in [6.45, 7) is 0. The molecule has 2 nitrogen and oxygen atoms in total. The maximum atomic E-state index is 11.1. The third-order valence-corrected chi connectivity index (χ3v) is 2.29. The van der Waals surface area contributed by atoms with Gasteiger partial charge in [0, 0.05) is 0 Å². The van der Waals surface area contributed by atoms with Crippen LogP contribution >= 0.6 is 0 Å². The average Bonchev–Trinajstić information content (AvgIpc) is 3.00. The standard InChI is InChI=1S/C11H11O2/c1-13-11(12)10-6-4-9(5-7-10)8-2-3-8/h4-6,8H,2-3H2,1H3. The van der Waals surface area contributed by atoms with Gasteiger partial charge in [-0.25, -0.2) is 4.79 Å². The lowest BCUT2D eigenvalue weighted by atomic mass is 10.1. The van der Waals surface area contributed by atoms with E-state index in [4.69, 9.17) is 0 Å². The molecule has 2 rings (SSSR count). The first-order valence-corrected chi connectivity index (χ1v) is 4.41. The summed E-state index contributed by atoms with van der Waals surface area (Å²) in [7, 11) is 1.38. The first kappa shape index (κ1) is 8.30. The molecule has 0 aliphatic heterocycles. The molecule has 0 saturated heterocycles. The van der Waals surface area contributed by atoms with E-state index in [1.165, 1.54) is 25.5 Å². The van der Waals surface area contributed by atoms with Gasteiger partial charge in [0.25, 0.3) is 0 Å². The van der Waals surface area contributed by atoms with Crippen molar-refractivity contribution in [1.29, 1.82) is 0 Å². The van der Waals surface area contributed by atoms with Crippen molar-refractivity contribution in [3.63, 3.8) is 0 Å². The second-order valence-electron chi connectivity index (χ2n) is 3.30. The molecular weight excluding hydrogens is 164 g/mol. The van der Waals surface area contributed by atoms with Crippen molar-refractivity contribution in [2.75, 3.05) is 7.11 Å². The van der Waals surface area contributed by atoms with Crippen LogP contribution in [0.25, 0.3) is 0 Å². The third-order valence-electron chi connectivity index (χ3n) is 2.29. The minimum absolute atomic E-state index is 0.317. The molecule has 0 N–H and O–H groups in total. The molecular formula is C11H11O2.